The summed E-state index contributed by atoms with van der Waals surface area (Å²) in [6, 6.07) is 10.3. The Bertz CT molecular complexity index is 670. The number of amides is 1. The topological polar surface area (TPSA) is 71.3 Å². The first-order chi connectivity index (χ1) is 11.6. The van der Waals surface area contributed by atoms with Crippen LogP contribution in [0, 0.1) is 0 Å². The lowest BCUT2D eigenvalue weighted by Gasteiger charge is -2.25. The zero-order valence-corrected chi connectivity index (χ0v) is 14.8. The summed E-state index contributed by atoms with van der Waals surface area (Å²) in [5.74, 6) is 1.39. The first-order valence-electron chi connectivity index (χ1n) is 8.07. The molecule has 7 heteroatoms. The highest BCUT2D eigenvalue weighted by molar-refractivity contribution is 7.99. The summed E-state index contributed by atoms with van der Waals surface area (Å²) in [6.45, 7) is 0.563. The number of aromatic nitrogens is 2. The van der Waals surface area contributed by atoms with Gasteiger partial charge >= 0.3 is 0 Å². The molecule has 2 aromatic rings. The van der Waals surface area contributed by atoms with E-state index >= 15 is 0 Å². The molecule has 0 unspecified atom stereocenters. The molecule has 1 aromatic heterocycles. The standard InChI is InChI=1S/C17H22N4O2S/c1-21(2)14(12-6-4-3-5-7-12)10-18-15(22)11-24-17-20-19-16(23-17)13-8-9-13/h3-7,13-14H,8-11H2,1-2H3,(H,18,22)/t14-/m0/s1. The van der Waals surface area contributed by atoms with Crippen molar-refractivity contribution < 1.29 is 9.21 Å². The zero-order chi connectivity index (χ0) is 16.9. The molecule has 0 radical (unpaired) electrons. The van der Waals surface area contributed by atoms with Crippen molar-refractivity contribution >= 4 is 17.7 Å². The largest absolute Gasteiger partial charge is 0.416 e. The van der Waals surface area contributed by atoms with E-state index in [-0.39, 0.29) is 17.7 Å². The van der Waals surface area contributed by atoms with Gasteiger partial charge in [0.1, 0.15) is 0 Å². The van der Waals surface area contributed by atoms with Gasteiger partial charge in [0.05, 0.1) is 11.8 Å². The van der Waals surface area contributed by atoms with Crippen LogP contribution < -0.4 is 5.32 Å². The number of benzene rings is 1. The highest BCUT2D eigenvalue weighted by Gasteiger charge is 2.29. The van der Waals surface area contributed by atoms with Crippen LogP contribution in [-0.4, -0.2) is 47.4 Å². The molecule has 1 fully saturated rings. The molecule has 6 nitrogen and oxygen atoms in total. The van der Waals surface area contributed by atoms with Crippen molar-refractivity contribution in [3.8, 4) is 0 Å². The van der Waals surface area contributed by atoms with E-state index in [2.05, 4.69) is 32.5 Å². The Hall–Kier alpha value is -1.86. The van der Waals surface area contributed by atoms with Crippen molar-refractivity contribution in [3.05, 3.63) is 41.8 Å². The number of carbonyl (C=O) groups is 1. The van der Waals surface area contributed by atoms with Gasteiger partial charge in [-0.1, -0.05) is 42.1 Å². The number of nitrogens with zero attached hydrogens (tertiary/aromatic N) is 3. The minimum absolute atomic E-state index is 0.0334. The number of hydrogen-bond donors (Lipinski definition) is 1. The summed E-state index contributed by atoms with van der Waals surface area (Å²) in [5, 5.41) is 11.5. The maximum atomic E-state index is 12.1. The molecule has 1 heterocycles. The van der Waals surface area contributed by atoms with Gasteiger partial charge < -0.3 is 14.6 Å². The molecule has 3 rings (SSSR count). The Morgan fingerprint density at radius 2 is 2.08 bits per heavy atom. The maximum Gasteiger partial charge on any atom is 0.277 e. The molecule has 0 aliphatic heterocycles. The molecule has 128 valence electrons. The van der Waals surface area contributed by atoms with Gasteiger partial charge in [0, 0.05) is 12.5 Å². The lowest BCUT2D eigenvalue weighted by Crippen LogP contribution is -2.35. The Morgan fingerprint density at radius 1 is 1.33 bits per heavy atom. The second-order valence-corrected chi connectivity index (χ2v) is 7.09. The fraction of sp³-hybridized carbons (Fsp3) is 0.471. The van der Waals surface area contributed by atoms with Gasteiger partial charge in [0.25, 0.3) is 5.22 Å². The van der Waals surface area contributed by atoms with E-state index in [0.29, 0.717) is 23.6 Å². The molecular formula is C17H22N4O2S. The molecule has 1 saturated carbocycles. The van der Waals surface area contributed by atoms with E-state index in [9.17, 15) is 4.79 Å². The molecule has 24 heavy (non-hydrogen) atoms. The first kappa shape index (κ1) is 17.0. The second-order valence-electron chi connectivity index (χ2n) is 6.16. The van der Waals surface area contributed by atoms with Crippen molar-refractivity contribution in [2.45, 2.75) is 30.0 Å². The Morgan fingerprint density at radius 3 is 2.75 bits per heavy atom. The molecule has 1 amide bonds. The van der Waals surface area contributed by atoms with Crippen molar-refractivity contribution in [1.29, 1.82) is 0 Å². The van der Waals surface area contributed by atoms with Crippen molar-refractivity contribution in [1.82, 2.24) is 20.4 Å². The molecule has 1 aromatic carbocycles. The van der Waals surface area contributed by atoms with E-state index in [4.69, 9.17) is 4.42 Å². The summed E-state index contributed by atoms with van der Waals surface area (Å²) in [7, 11) is 4.02. The lowest BCUT2D eigenvalue weighted by atomic mass is 10.1. The number of carbonyl (C=O) groups excluding carboxylic acids is 1. The van der Waals surface area contributed by atoms with E-state index in [0.717, 1.165) is 12.8 Å². The fourth-order valence-electron chi connectivity index (χ4n) is 2.44. The Labute approximate surface area is 146 Å². The summed E-state index contributed by atoms with van der Waals surface area (Å²) < 4.78 is 5.54. The third kappa shape index (κ3) is 4.58. The van der Waals surface area contributed by atoms with E-state index in [1.807, 2.05) is 32.3 Å². The Balaban J connectivity index is 1.46. The van der Waals surface area contributed by atoms with E-state index in [1.54, 1.807) is 0 Å². The number of nitrogens with one attached hydrogen (secondary N) is 1. The van der Waals surface area contributed by atoms with E-state index in [1.165, 1.54) is 17.3 Å². The smallest absolute Gasteiger partial charge is 0.277 e. The molecule has 1 aliphatic rings. The average molecular weight is 346 g/mol. The van der Waals surface area contributed by atoms with Crippen molar-refractivity contribution in [2.75, 3.05) is 26.4 Å². The van der Waals surface area contributed by atoms with Gasteiger partial charge in [-0.15, -0.1) is 10.2 Å². The van der Waals surface area contributed by atoms with Crippen molar-refractivity contribution in [3.63, 3.8) is 0 Å². The maximum absolute atomic E-state index is 12.1. The Kier molecular flexibility index (Phi) is 5.52. The van der Waals surface area contributed by atoms with Crippen molar-refractivity contribution in [2.24, 2.45) is 0 Å². The molecule has 1 aliphatic carbocycles. The van der Waals surface area contributed by atoms with Crippen LogP contribution in [-0.2, 0) is 4.79 Å². The van der Waals surface area contributed by atoms with Crippen LogP contribution in [0.4, 0.5) is 0 Å². The third-order valence-electron chi connectivity index (χ3n) is 3.98. The summed E-state index contributed by atoms with van der Waals surface area (Å²) >= 11 is 1.28. The number of thioether (sulfide) groups is 1. The molecule has 1 N–H and O–H groups in total. The highest BCUT2D eigenvalue weighted by atomic mass is 32.2. The number of rotatable bonds is 8. The fourth-order valence-corrected chi connectivity index (χ4v) is 3.04. The van der Waals surface area contributed by atoms with Crippen LogP contribution in [0.3, 0.4) is 0 Å². The molecule has 0 bridgehead atoms. The van der Waals surface area contributed by atoms with Gasteiger partial charge in [0.2, 0.25) is 11.8 Å². The van der Waals surface area contributed by atoms with Gasteiger partial charge in [-0.05, 0) is 32.5 Å². The summed E-state index contributed by atoms with van der Waals surface area (Å²) in [5.41, 5.74) is 1.18. The first-order valence-corrected chi connectivity index (χ1v) is 9.06. The second kappa shape index (κ2) is 7.81. The van der Waals surface area contributed by atoms with Crippen LogP contribution in [0.2, 0.25) is 0 Å². The predicted octanol–water partition coefficient (Wildman–Crippen LogP) is 2.46. The predicted molar refractivity (Wildman–Crippen MR) is 92.9 cm³/mol. The highest BCUT2D eigenvalue weighted by Crippen LogP contribution is 2.39. The van der Waals surface area contributed by atoms with Gasteiger partial charge in [0.15, 0.2) is 0 Å². The summed E-state index contributed by atoms with van der Waals surface area (Å²) in [4.78, 5) is 14.2. The normalized spacial score (nSPS) is 15.5. The zero-order valence-electron chi connectivity index (χ0n) is 13.9. The van der Waals surface area contributed by atoms with Gasteiger partial charge in [-0.25, -0.2) is 0 Å². The minimum atomic E-state index is -0.0334. The molecule has 1 atom stereocenters. The van der Waals surface area contributed by atoms with Gasteiger partial charge in [-0.3, -0.25) is 4.79 Å². The monoisotopic (exact) mass is 346 g/mol. The van der Waals surface area contributed by atoms with Crippen LogP contribution >= 0.6 is 11.8 Å². The van der Waals surface area contributed by atoms with Crippen LogP contribution in [0.25, 0.3) is 0 Å². The quantitative estimate of drug-likeness (QED) is 0.741. The third-order valence-corrected chi connectivity index (χ3v) is 4.79. The van der Waals surface area contributed by atoms with Crippen LogP contribution in [0.1, 0.15) is 36.3 Å². The summed E-state index contributed by atoms with van der Waals surface area (Å²) in [6.07, 6.45) is 2.25. The average Bonchev–Trinajstić information content (AvgIpc) is 3.32. The lowest BCUT2D eigenvalue weighted by molar-refractivity contribution is -0.118. The minimum Gasteiger partial charge on any atom is -0.416 e. The van der Waals surface area contributed by atoms with Gasteiger partial charge in [-0.2, -0.15) is 0 Å². The number of hydrogen-bond acceptors (Lipinski definition) is 6. The van der Waals surface area contributed by atoms with E-state index < -0.39 is 0 Å². The molecular weight excluding hydrogens is 324 g/mol. The van der Waals surface area contributed by atoms with Crippen LogP contribution in [0.5, 0.6) is 0 Å². The number of likely N-dealkylation sites (N-methyl/N-ethyl adjacent to an activating group) is 1. The van der Waals surface area contributed by atoms with Crippen LogP contribution in [0.15, 0.2) is 40.0 Å². The molecule has 0 saturated heterocycles. The SMILES string of the molecule is CN(C)[C@@H](CNC(=O)CSc1nnc(C2CC2)o1)c1ccccc1. The molecule has 0 spiro atoms.